The Bertz CT molecular complexity index is 265. The van der Waals surface area contributed by atoms with Crippen LogP contribution in [0.3, 0.4) is 0 Å². The second kappa shape index (κ2) is 4.57. The van der Waals surface area contributed by atoms with Gasteiger partial charge in [-0.1, -0.05) is 0 Å². The fourth-order valence-electron chi connectivity index (χ4n) is 1.78. The summed E-state index contributed by atoms with van der Waals surface area (Å²) in [6.07, 6.45) is -0.489. The smallest absolute Gasteiger partial charge is 0.408 e. The summed E-state index contributed by atoms with van der Waals surface area (Å²) in [5.41, 5.74) is -1.09. The Morgan fingerprint density at radius 1 is 1.62 bits per heavy atom. The first-order chi connectivity index (χ1) is 7.27. The Balaban J connectivity index is 2.55. The van der Waals surface area contributed by atoms with Crippen molar-refractivity contribution in [2.75, 3.05) is 19.8 Å². The normalized spacial score (nSPS) is 30.2. The van der Waals surface area contributed by atoms with Gasteiger partial charge in [0.1, 0.15) is 5.60 Å². The SMILES string of the molecule is CC(C)(C)OC(=O)N[C@]1(C)CNC[C@@H]1CF. The van der Waals surface area contributed by atoms with E-state index in [0.29, 0.717) is 13.1 Å². The number of alkyl halides is 1. The van der Waals surface area contributed by atoms with Gasteiger partial charge in [0.25, 0.3) is 0 Å². The fraction of sp³-hybridized carbons (Fsp3) is 0.909. The molecule has 2 N–H and O–H groups in total. The predicted octanol–water partition coefficient (Wildman–Crippen LogP) is 1.46. The molecular formula is C11H21FN2O2. The third-order valence-corrected chi connectivity index (χ3v) is 2.76. The molecule has 1 rings (SSSR count). The molecule has 0 aromatic heterocycles. The molecule has 94 valence electrons. The standard InChI is InChI=1S/C11H21FN2O2/c1-10(2,3)16-9(15)14-11(4)7-13-6-8(11)5-12/h8,13H,5-7H2,1-4H3,(H,14,15)/t8-,11+/m0/s1. The maximum Gasteiger partial charge on any atom is 0.408 e. The number of halogens is 1. The first-order valence-corrected chi connectivity index (χ1v) is 5.55. The van der Waals surface area contributed by atoms with Crippen molar-refractivity contribution in [2.45, 2.75) is 38.8 Å². The highest BCUT2D eigenvalue weighted by molar-refractivity contribution is 5.69. The highest BCUT2D eigenvalue weighted by Crippen LogP contribution is 2.22. The van der Waals surface area contributed by atoms with Crippen LogP contribution in [0.1, 0.15) is 27.7 Å². The Morgan fingerprint density at radius 3 is 2.75 bits per heavy atom. The molecule has 5 heteroatoms. The lowest BCUT2D eigenvalue weighted by atomic mass is 9.90. The van der Waals surface area contributed by atoms with Crippen LogP contribution in [0.15, 0.2) is 0 Å². The molecule has 0 saturated carbocycles. The summed E-state index contributed by atoms with van der Waals surface area (Å²) in [5, 5.41) is 5.82. The molecular weight excluding hydrogens is 211 g/mol. The molecule has 0 spiro atoms. The molecule has 1 aliphatic heterocycles. The minimum absolute atomic E-state index is 0.194. The van der Waals surface area contributed by atoms with E-state index in [1.165, 1.54) is 0 Å². The predicted molar refractivity (Wildman–Crippen MR) is 60.1 cm³/mol. The summed E-state index contributed by atoms with van der Waals surface area (Å²) in [7, 11) is 0. The van der Waals surface area contributed by atoms with Crippen LogP contribution in [0.25, 0.3) is 0 Å². The van der Waals surface area contributed by atoms with E-state index in [-0.39, 0.29) is 5.92 Å². The highest BCUT2D eigenvalue weighted by Gasteiger charge is 2.40. The van der Waals surface area contributed by atoms with Crippen LogP contribution < -0.4 is 10.6 Å². The van der Waals surface area contributed by atoms with Gasteiger partial charge in [-0.3, -0.25) is 4.39 Å². The van der Waals surface area contributed by atoms with Gasteiger partial charge < -0.3 is 15.4 Å². The summed E-state index contributed by atoms with van der Waals surface area (Å²) < 4.78 is 17.9. The molecule has 1 saturated heterocycles. The zero-order valence-corrected chi connectivity index (χ0v) is 10.4. The second-order valence-electron chi connectivity index (χ2n) is 5.53. The number of carbonyl (C=O) groups is 1. The molecule has 0 bridgehead atoms. The van der Waals surface area contributed by atoms with Crippen molar-refractivity contribution in [2.24, 2.45) is 5.92 Å². The lowest BCUT2D eigenvalue weighted by Crippen LogP contribution is -2.53. The van der Waals surface area contributed by atoms with Crippen molar-refractivity contribution in [3.63, 3.8) is 0 Å². The Hall–Kier alpha value is -0.840. The third kappa shape index (κ3) is 3.33. The molecule has 0 aromatic carbocycles. The van der Waals surface area contributed by atoms with Crippen LogP contribution in [0.5, 0.6) is 0 Å². The van der Waals surface area contributed by atoms with Crippen LogP contribution in [0.2, 0.25) is 0 Å². The van der Waals surface area contributed by atoms with E-state index in [4.69, 9.17) is 4.74 Å². The van der Waals surface area contributed by atoms with Crippen molar-refractivity contribution < 1.29 is 13.9 Å². The molecule has 1 aliphatic rings. The summed E-state index contributed by atoms with van der Waals surface area (Å²) in [4.78, 5) is 11.6. The van der Waals surface area contributed by atoms with Crippen LogP contribution in [-0.2, 0) is 4.74 Å². The van der Waals surface area contributed by atoms with Gasteiger partial charge in [0.2, 0.25) is 0 Å². The van der Waals surface area contributed by atoms with E-state index in [1.54, 1.807) is 20.8 Å². The van der Waals surface area contributed by atoms with Crippen molar-refractivity contribution in [1.82, 2.24) is 10.6 Å². The largest absolute Gasteiger partial charge is 0.444 e. The highest BCUT2D eigenvalue weighted by atomic mass is 19.1. The molecule has 0 unspecified atom stereocenters. The number of alkyl carbamates (subject to hydrolysis) is 1. The van der Waals surface area contributed by atoms with Gasteiger partial charge in [0, 0.05) is 19.0 Å². The molecule has 0 radical (unpaired) electrons. The average Bonchev–Trinajstić information content (AvgIpc) is 2.42. The fourth-order valence-corrected chi connectivity index (χ4v) is 1.78. The van der Waals surface area contributed by atoms with Gasteiger partial charge in [-0.05, 0) is 27.7 Å². The van der Waals surface area contributed by atoms with E-state index in [1.807, 2.05) is 6.92 Å². The molecule has 2 atom stereocenters. The minimum Gasteiger partial charge on any atom is -0.444 e. The number of nitrogens with one attached hydrogen (secondary N) is 2. The van der Waals surface area contributed by atoms with Crippen LogP contribution in [-0.4, -0.2) is 37.0 Å². The molecule has 16 heavy (non-hydrogen) atoms. The van der Waals surface area contributed by atoms with Crippen molar-refractivity contribution in [3.8, 4) is 0 Å². The Kier molecular flexibility index (Phi) is 3.78. The average molecular weight is 232 g/mol. The number of carbonyl (C=O) groups excluding carboxylic acids is 1. The second-order valence-corrected chi connectivity index (χ2v) is 5.53. The van der Waals surface area contributed by atoms with Gasteiger partial charge in [-0.2, -0.15) is 0 Å². The molecule has 0 aliphatic carbocycles. The summed E-state index contributed by atoms with van der Waals surface area (Å²) in [6, 6.07) is 0. The van der Waals surface area contributed by atoms with Gasteiger partial charge in [0.05, 0.1) is 12.2 Å². The van der Waals surface area contributed by atoms with Crippen LogP contribution in [0.4, 0.5) is 9.18 Å². The summed E-state index contributed by atoms with van der Waals surface area (Å²) >= 11 is 0. The lowest BCUT2D eigenvalue weighted by molar-refractivity contribution is 0.0442. The summed E-state index contributed by atoms with van der Waals surface area (Å²) in [6.45, 7) is 7.95. The van der Waals surface area contributed by atoms with E-state index < -0.39 is 23.9 Å². The number of hydrogen-bond acceptors (Lipinski definition) is 3. The molecule has 1 amide bonds. The topological polar surface area (TPSA) is 50.4 Å². The maximum absolute atomic E-state index is 12.7. The van der Waals surface area contributed by atoms with Gasteiger partial charge in [0.15, 0.2) is 0 Å². The maximum atomic E-state index is 12.7. The van der Waals surface area contributed by atoms with E-state index in [2.05, 4.69) is 10.6 Å². The number of hydrogen-bond donors (Lipinski definition) is 2. The van der Waals surface area contributed by atoms with E-state index in [9.17, 15) is 9.18 Å². The minimum atomic E-state index is -0.558. The zero-order valence-electron chi connectivity index (χ0n) is 10.4. The molecule has 1 fully saturated rings. The van der Waals surface area contributed by atoms with Crippen molar-refractivity contribution in [1.29, 1.82) is 0 Å². The monoisotopic (exact) mass is 232 g/mol. The first kappa shape index (κ1) is 13.2. The number of amides is 1. The summed E-state index contributed by atoms with van der Waals surface area (Å²) in [5.74, 6) is -0.194. The van der Waals surface area contributed by atoms with Crippen molar-refractivity contribution in [3.05, 3.63) is 0 Å². The number of ether oxygens (including phenoxy) is 1. The first-order valence-electron chi connectivity index (χ1n) is 5.55. The Labute approximate surface area is 95.9 Å². The number of rotatable bonds is 2. The van der Waals surface area contributed by atoms with Gasteiger partial charge >= 0.3 is 6.09 Å². The lowest BCUT2D eigenvalue weighted by Gasteiger charge is -2.31. The van der Waals surface area contributed by atoms with Crippen molar-refractivity contribution >= 4 is 6.09 Å². The zero-order chi connectivity index (χ0) is 12.4. The van der Waals surface area contributed by atoms with Crippen LogP contribution >= 0.6 is 0 Å². The van der Waals surface area contributed by atoms with Gasteiger partial charge in [-0.25, -0.2) is 4.79 Å². The quantitative estimate of drug-likeness (QED) is 0.758. The molecule has 0 aromatic rings. The van der Waals surface area contributed by atoms with E-state index >= 15 is 0 Å². The van der Waals surface area contributed by atoms with Gasteiger partial charge in [-0.15, -0.1) is 0 Å². The third-order valence-electron chi connectivity index (χ3n) is 2.76. The van der Waals surface area contributed by atoms with Crippen LogP contribution in [0, 0.1) is 5.92 Å². The Morgan fingerprint density at radius 2 is 2.25 bits per heavy atom. The molecule has 4 nitrogen and oxygen atoms in total. The molecule has 1 heterocycles. The van der Waals surface area contributed by atoms with E-state index in [0.717, 1.165) is 0 Å².